The van der Waals surface area contributed by atoms with Crippen molar-refractivity contribution in [3.05, 3.63) is 59.5 Å². The van der Waals surface area contributed by atoms with E-state index in [1.807, 2.05) is 36.4 Å². The van der Waals surface area contributed by atoms with Crippen molar-refractivity contribution in [2.24, 2.45) is 0 Å². The summed E-state index contributed by atoms with van der Waals surface area (Å²) in [6, 6.07) is 13.5. The summed E-state index contributed by atoms with van der Waals surface area (Å²) in [5.41, 5.74) is 1.08. The first-order valence-corrected chi connectivity index (χ1v) is 11.3. The summed E-state index contributed by atoms with van der Waals surface area (Å²) in [5.74, 6) is 1.34. The van der Waals surface area contributed by atoms with Crippen LogP contribution in [0.4, 0.5) is 0 Å². The molecule has 0 saturated carbocycles. The first-order valence-electron chi connectivity index (χ1n) is 11.3. The smallest absolute Gasteiger partial charge is 0.239 e. The van der Waals surface area contributed by atoms with Crippen LogP contribution in [0.15, 0.2) is 46.9 Å². The van der Waals surface area contributed by atoms with Gasteiger partial charge in [0.2, 0.25) is 11.8 Å². The zero-order valence-corrected chi connectivity index (χ0v) is 18.5. The molecule has 3 N–H and O–H groups in total. The number of carbonyl (C=O) groups is 2. The summed E-state index contributed by atoms with van der Waals surface area (Å²) < 4.78 is 5.63. The maximum Gasteiger partial charge on any atom is 0.239 e. The van der Waals surface area contributed by atoms with E-state index in [0.717, 1.165) is 24.3 Å². The summed E-state index contributed by atoms with van der Waals surface area (Å²) in [4.78, 5) is 29.7. The fraction of sp³-hybridized carbons (Fsp3) is 0.500. The molecule has 4 rings (SSSR count). The second-order valence-electron chi connectivity index (χ2n) is 8.66. The third-order valence-corrected chi connectivity index (χ3v) is 6.62. The number of likely N-dealkylation sites (N-methyl/N-ethyl adjacent to an activating group) is 1. The molecule has 172 valence electrons. The number of amides is 2. The van der Waals surface area contributed by atoms with Gasteiger partial charge in [0.15, 0.2) is 0 Å². The number of nitrogens with one attached hydrogen (secondary N) is 2. The summed E-state index contributed by atoms with van der Waals surface area (Å²) in [6.45, 7) is 2.27. The average Bonchev–Trinajstić information content (AvgIpc) is 3.42. The van der Waals surface area contributed by atoms with E-state index < -0.39 is 0 Å². The number of rotatable bonds is 8. The molecule has 0 radical (unpaired) electrons. The van der Waals surface area contributed by atoms with Crippen molar-refractivity contribution >= 4 is 11.8 Å². The molecule has 0 spiro atoms. The van der Waals surface area contributed by atoms with Crippen LogP contribution in [0.1, 0.15) is 36.3 Å². The monoisotopic (exact) mass is 440 g/mol. The van der Waals surface area contributed by atoms with Gasteiger partial charge < -0.3 is 20.2 Å². The number of nitrogens with zero attached hydrogens (tertiary/aromatic N) is 2. The molecule has 2 fully saturated rings. The van der Waals surface area contributed by atoms with Crippen LogP contribution in [0.5, 0.6) is 0 Å². The van der Waals surface area contributed by atoms with Gasteiger partial charge in [0.05, 0.1) is 6.54 Å². The number of aliphatic hydroxyl groups is 1. The van der Waals surface area contributed by atoms with Crippen molar-refractivity contribution in [3.63, 3.8) is 0 Å². The Bertz CT molecular complexity index is 916. The normalized spacial score (nSPS) is 24.1. The molecular weight excluding hydrogens is 408 g/mol. The fourth-order valence-electron chi connectivity index (χ4n) is 4.80. The lowest BCUT2D eigenvalue weighted by Crippen LogP contribution is -2.49. The summed E-state index contributed by atoms with van der Waals surface area (Å²) in [5, 5.41) is 15.3. The van der Waals surface area contributed by atoms with Crippen molar-refractivity contribution in [3.8, 4) is 0 Å². The number of fused-ring (bicyclic) bond motifs is 1. The predicted octanol–water partition coefficient (Wildman–Crippen LogP) is 1.24. The number of hydrogen-bond acceptors (Lipinski definition) is 6. The van der Waals surface area contributed by atoms with Gasteiger partial charge in [-0.2, -0.15) is 0 Å². The molecule has 3 heterocycles. The van der Waals surface area contributed by atoms with Gasteiger partial charge in [-0.15, -0.1) is 0 Å². The highest BCUT2D eigenvalue weighted by molar-refractivity contribution is 5.83. The highest BCUT2D eigenvalue weighted by Crippen LogP contribution is 2.29. The third kappa shape index (κ3) is 5.20. The molecule has 3 unspecified atom stereocenters. The topological polar surface area (TPSA) is 98.1 Å². The Labute approximate surface area is 188 Å². The van der Waals surface area contributed by atoms with E-state index in [0.29, 0.717) is 38.2 Å². The molecule has 32 heavy (non-hydrogen) atoms. The summed E-state index contributed by atoms with van der Waals surface area (Å²) in [6.07, 6.45) is 2.01. The Kier molecular flexibility index (Phi) is 7.24. The van der Waals surface area contributed by atoms with Crippen LogP contribution >= 0.6 is 0 Å². The van der Waals surface area contributed by atoms with Gasteiger partial charge in [-0.1, -0.05) is 30.3 Å². The van der Waals surface area contributed by atoms with Crippen LogP contribution in [0.3, 0.4) is 0 Å². The molecule has 8 nitrogen and oxygen atoms in total. The van der Waals surface area contributed by atoms with E-state index >= 15 is 0 Å². The number of aliphatic hydroxyl groups excluding tert-OH is 1. The minimum Gasteiger partial charge on any atom is -0.462 e. The van der Waals surface area contributed by atoms with E-state index in [-0.39, 0.29) is 36.5 Å². The predicted molar refractivity (Wildman–Crippen MR) is 119 cm³/mol. The molecule has 3 atom stereocenters. The highest BCUT2D eigenvalue weighted by Gasteiger charge is 2.45. The minimum atomic E-state index is -0.250. The molecule has 2 saturated heterocycles. The number of benzene rings is 1. The van der Waals surface area contributed by atoms with Gasteiger partial charge in [-0.25, -0.2) is 0 Å². The number of carbonyl (C=O) groups excluding carboxylic acids is 2. The van der Waals surface area contributed by atoms with Gasteiger partial charge in [0.25, 0.3) is 0 Å². The maximum absolute atomic E-state index is 12.9. The molecule has 2 amide bonds. The Morgan fingerprint density at radius 3 is 2.75 bits per heavy atom. The van der Waals surface area contributed by atoms with Crippen molar-refractivity contribution < 1.29 is 19.1 Å². The number of hydrogen-bond donors (Lipinski definition) is 3. The Morgan fingerprint density at radius 2 is 2.00 bits per heavy atom. The minimum absolute atomic E-state index is 0.0277. The molecule has 1 aromatic heterocycles. The van der Waals surface area contributed by atoms with Gasteiger partial charge in [0.1, 0.15) is 24.2 Å². The Balaban J connectivity index is 1.32. The lowest BCUT2D eigenvalue weighted by molar-refractivity contribution is -0.126. The van der Waals surface area contributed by atoms with Gasteiger partial charge >= 0.3 is 0 Å². The van der Waals surface area contributed by atoms with Crippen LogP contribution < -0.4 is 10.6 Å². The second-order valence-corrected chi connectivity index (χ2v) is 8.66. The van der Waals surface area contributed by atoms with Crippen LogP contribution in [0.25, 0.3) is 0 Å². The molecule has 0 bridgehead atoms. The first-order chi connectivity index (χ1) is 15.5. The standard InChI is InChI=1S/C24H32N4O4/c1-27-18(7-10-22(30)25-13-17-5-3-2-4-6-17)14-26-24(31)23-21(27)11-12-28(23)15-19-8-9-20(16-29)32-19/h2-6,8-9,18,21,23,29H,7,10-16H2,1H3,(H,25,30)(H,26,31). The number of furan rings is 1. The first kappa shape index (κ1) is 22.5. The summed E-state index contributed by atoms with van der Waals surface area (Å²) in [7, 11) is 2.06. The SMILES string of the molecule is CN1C(CCC(=O)NCc2ccccc2)CNC(=O)C2C1CCN2Cc1ccc(CO)o1. The Morgan fingerprint density at radius 1 is 1.22 bits per heavy atom. The maximum atomic E-state index is 12.9. The molecule has 1 aromatic carbocycles. The van der Waals surface area contributed by atoms with Crippen LogP contribution in [-0.4, -0.2) is 65.0 Å². The van der Waals surface area contributed by atoms with Crippen molar-refractivity contribution in [2.45, 2.75) is 57.1 Å². The van der Waals surface area contributed by atoms with Crippen LogP contribution in [0.2, 0.25) is 0 Å². The second kappa shape index (κ2) is 10.3. The quantitative estimate of drug-likeness (QED) is 0.572. The third-order valence-electron chi connectivity index (χ3n) is 6.62. The molecule has 2 aliphatic heterocycles. The van der Waals surface area contributed by atoms with Gasteiger partial charge in [-0.3, -0.25) is 19.4 Å². The van der Waals surface area contributed by atoms with Crippen molar-refractivity contribution in [1.82, 2.24) is 20.4 Å². The zero-order chi connectivity index (χ0) is 22.5. The number of likely N-dealkylation sites (tertiary alicyclic amines) is 1. The van der Waals surface area contributed by atoms with Crippen molar-refractivity contribution in [1.29, 1.82) is 0 Å². The lowest BCUT2D eigenvalue weighted by Gasteiger charge is -2.33. The molecule has 8 heteroatoms. The van der Waals surface area contributed by atoms with Gasteiger partial charge in [-0.05, 0) is 37.6 Å². The zero-order valence-electron chi connectivity index (χ0n) is 18.5. The highest BCUT2D eigenvalue weighted by atomic mass is 16.4. The van der Waals surface area contributed by atoms with E-state index in [1.165, 1.54) is 0 Å². The Hall–Kier alpha value is -2.68. The van der Waals surface area contributed by atoms with Crippen LogP contribution in [-0.2, 0) is 29.3 Å². The van der Waals surface area contributed by atoms with Crippen molar-refractivity contribution in [2.75, 3.05) is 20.1 Å². The average molecular weight is 441 g/mol. The van der Waals surface area contributed by atoms with Gasteiger partial charge in [0, 0.05) is 38.1 Å². The molecular formula is C24H32N4O4. The lowest BCUT2D eigenvalue weighted by atomic mass is 10.0. The summed E-state index contributed by atoms with van der Waals surface area (Å²) >= 11 is 0. The van der Waals surface area contributed by atoms with Crippen LogP contribution in [0, 0.1) is 0 Å². The largest absolute Gasteiger partial charge is 0.462 e. The van der Waals surface area contributed by atoms with E-state index in [1.54, 1.807) is 6.07 Å². The molecule has 2 aromatic rings. The fourth-order valence-corrected chi connectivity index (χ4v) is 4.80. The molecule has 0 aliphatic carbocycles. The van der Waals surface area contributed by atoms with E-state index in [2.05, 4.69) is 27.5 Å². The van der Waals surface area contributed by atoms with E-state index in [9.17, 15) is 14.7 Å². The van der Waals surface area contributed by atoms with E-state index in [4.69, 9.17) is 4.42 Å². The molecule has 2 aliphatic rings.